The molecule has 0 aromatic heterocycles. The first-order chi connectivity index (χ1) is 12.7. The molecule has 0 bridgehead atoms. The predicted octanol–water partition coefficient (Wildman–Crippen LogP) is 2.22. The van der Waals surface area contributed by atoms with Crippen LogP contribution in [0.3, 0.4) is 0 Å². The van der Waals surface area contributed by atoms with Crippen LogP contribution in [0.25, 0.3) is 0 Å². The lowest BCUT2D eigenvalue weighted by Gasteiger charge is -2.27. The summed E-state index contributed by atoms with van der Waals surface area (Å²) in [5, 5.41) is 22.0. The molecule has 0 saturated heterocycles. The summed E-state index contributed by atoms with van der Waals surface area (Å²) in [5.41, 5.74) is -0.462. The van der Waals surface area contributed by atoms with Gasteiger partial charge in [-0.2, -0.15) is 0 Å². The minimum absolute atomic E-state index is 0.0247. The maximum Gasteiger partial charge on any atom is 0.323 e. The van der Waals surface area contributed by atoms with E-state index in [9.17, 15) is 19.8 Å². The van der Waals surface area contributed by atoms with Crippen LogP contribution < -0.4 is 5.09 Å². The highest BCUT2D eigenvalue weighted by atomic mass is 32.5. The molecule has 11 heteroatoms. The molecule has 0 aliphatic rings. The molecule has 0 rings (SSSR count). The maximum absolute atomic E-state index is 12.0. The topological polar surface area (TPSA) is 114 Å². The number of nitrogens with one attached hydrogen (secondary N) is 1. The van der Waals surface area contributed by atoms with Gasteiger partial charge in [0.15, 0.2) is 5.12 Å². The second-order valence-electron chi connectivity index (χ2n) is 7.66. The smallest absolute Gasteiger partial charge is 0.323 e. The highest BCUT2D eigenvalue weighted by molar-refractivity contribution is 8.13. The quantitative estimate of drug-likeness (QED) is 0.228. The molecule has 28 heavy (non-hydrogen) atoms. The monoisotopic (exact) mass is 459 g/mol. The van der Waals surface area contributed by atoms with E-state index in [1.807, 2.05) is 20.8 Å². The minimum Gasteiger partial charge on any atom is -0.462 e. The minimum atomic E-state index is -3.18. The number of thioether (sulfide) groups is 1. The van der Waals surface area contributed by atoms with Gasteiger partial charge in [0.05, 0.1) is 25.4 Å². The fourth-order valence-electron chi connectivity index (χ4n) is 1.56. The lowest BCUT2D eigenvalue weighted by molar-refractivity contribution is -0.149. The summed E-state index contributed by atoms with van der Waals surface area (Å²) in [5.74, 6) is -0.145. The lowest BCUT2D eigenvalue weighted by Crippen LogP contribution is -2.37. The first-order valence-corrected chi connectivity index (χ1v) is 12.7. The van der Waals surface area contributed by atoms with E-state index < -0.39 is 36.3 Å². The van der Waals surface area contributed by atoms with E-state index in [4.69, 9.17) is 25.6 Å². The second kappa shape index (κ2) is 12.6. The number of rotatable bonds is 12. The van der Waals surface area contributed by atoms with Gasteiger partial charge in [-0.3, -0.25) is 9.59 Å². The highest BCUT2D eigenvalue weighted by Gasteiger charge is 2.29. The molecule has 8 nitrogen and oxygen atoms in total. The van der Waals surface area contributed by atoms with E-state index in [0.29, 0.717) is 5.75 Å². The van der Waals surface area contributed by atoms with Gasteiger partial charge < -0.3 is 24.0 Å². The third kappa shape index (κ3) is 11.8. The summed E-state index contributed by atoms with van der Waals surface area (Å²) in [6.45, 7) is 8.62. The summed E-state index contributed by atoms with van der Waals surface area (Å²) in [6.07, 6.45) is -2.44. The van der Waals surface area contributed by atoms with Crippen molar-refractivity contribution < 1.29 is 33.6 Å². The van der Waals surface area contributed by atoms with Crippen molar-refractivity contribution in [2.24, 2.45) is 5.41 Å². The van der Waals surface area contributed by atoms with Gasteiger partial charge in [0.2, 0.25) is 0 Å². The molecule has 4 unspecified atom stereocenters. The summed E-state index contributed by atoms with van der Waals surface area (Å²) in [4.78, 5) is 24.0. The van der Waals surface area contributed by atoms with Crippen LogP contribution in [-0.2, 0) is 35.2 Å². The molecule has 166 valence electrons. The highest BCUT2D eigenvalue weighted by Crippen LogP contribution is 2.45. The number of hydrogen-bond donors (Lipinski definition) is 3. The first-order valence-electron chi connectivity index (χ1n) is 9.08. The van der Waals surface area contributed by atoms with Crippen LogP contribution in [-0.4, -0.2) is 64.6 Å². The zero-order valence-electron chi connectivity index (χ0n) is 17.6. The number of carbonyl (C=O) groups excluding carboxylic acids is 2. The molecule has 0 aliphatic heterocycles. The molecule has 0 saturated carbocycles. The Labute approximate surface area is 177 Å². The predicted molar refractivity (Wildman–Crippen MR) is 115 cm³/mol. The van der Waals surface area contributed by atoms with Crippen LogP contribution in [0.5, 0.6) is 0 Å². The van der Waals surface area contributed by atoms with Gasteiger partial charge in [-0.1, -0.05) is 32.5 Å². The Bertz CT molecular complexity index is 552. The van der Waals surface area contributed by atoms with Crippen molar-refractivity contribution in [1.29, 1.82) is 0 Å². The van der Waals surface area contributed by atoms with Crippen molar-refractivity contribution in [2.45, 2.75) is 72.8 Å². The average Bonchev–Trinajstić information content (AvgIpc) is 2.54. The Morgan fingerprint density at radius 3 is 2.18 bits per heavy atom. The van der Waals surface area contributed by atoms with Crippen molar-refractivity contribution in [1.82, 2.24) is 5.09 Å². The molecule has 3 N–H and O–H groups in total. The van der Waals surface area contributed by atoms with Gasteiger partial charge in [-0.15, -0.1) is 0 Å². The summed E-state index contributed by atoms with van der Waals surface area (Å²) >= 11 is 6.56. The van der Waals surface area contributed by atoms with Gasteiger partial charge in [-0.25, -0.2) is 5.09 Å². The van der Waals surface area contributed by atoms with Crippen LogP contribution in [0.1, 0.15) is 48.5 Å². The fourth-order valence-corrected chi connectivity index (χ4v) is 4.83. The molecule has 0 amide bonds. The van der Waals surface area contributed by atoms with Gasteiger partial charge in [-0.05, 0) is 39.5 Å². The molecule has 4 atom stereocenters. The van der Waals surface area contributed by atoms with Gasteiger partial charge in [0.25, 0.3) is 6.64 Å². The summed E-state index contributed by atoms with van der Waals surface area (Å²) < 4.78 is 16.3. The standard InChI is InChI=1S/C17H34NO7PS2/c1-11(2)25-15(21)12(3)18-26(27,24-10-14(20)13(4)19)23-8-9-28-16(22)17(5,6)7/h11-14,19-20H,8-10H2,1-7H3,(H,18,27). The number of esters is 1. The molecule has 0 radical (unpaired) electrons. The SMILES string of the molecule is CC(C)OC(=O)C(C)NP(=S)(OCCSC(=O)C(C)(C)C)OCC(O)C(C)O. The average molecular weight is 460 g/mol. The van der Waals surface area contributed by atoms with Gasteiger partial charge >= 0.3 is 5.97 Å². The molecular weight excluding hydrogens is 425 g/mol. The van der Waals surface area contributed by atoms with E-state index in [-0.39, 0.29) is 24.4 Å². The van der Waals surface area contributed by atoms with E-state index in [1.54, 1.807) is 20.8 Å². The van der Waals surface area contributed by atoms with Crippen LogP contribution in [0.4, 0.5) is 0 Å². The van der Waals surface area contributed by atoms with E-state index >= 15 is 0 Å². The first kappa shape index (κ1) is 27.9. The van der Waals surface area contributed by atoms with Crippen molar-refractivity contribution in [2.75, 3.05) is 19.0 Å². The van der Waals surface area contributed by atoms with Gasteiger partial charge in [0.1, 0.15) is 12.1 Å². The van der Waals surface area contributed by atoms with Crippen molar-refractivity contribution in [3.63, 3.8) is 0 Å². The molecule has 0 aromatic rings. The van der Waals surface area contributed by atoms with E-state index in [2.05, 4.69) is 5.09 Å². The number of ether oxygens (including phenoxy) is 1. The van der Waals surface area contributed by atoms with Crippen molar-refractivity contribution in [3.05, 3.63) is 0 Å². The van der Waals surface area contributed by atoms with Gasteiger partial charge in [0, 0.05) is 11.2 Å². The largest absolute Gasteiger partial charge is 0.462 e. The molecular formula is C17H34NO7PS2. The summed E-state index contributed by atoms with van der Waals surface area (Å²) in [6, 6.07) is -0.791. The zero-order chi connectivity index (χ0) is 22.1. The third-order valence-electron chi connectivity index (χ3n) is 3.22. The summed E-state index contributed by atoms with van der Waals surface area (Å²) in [7, 11) is 0. The molecule has 0 aromatic carbocycles. The fraction of sp³-hybridized carbons (Fsp3) is 0.882. The van der Waals surface area contributed by atoms with E-state index in [1.165, 1.54) is 6.92 Å². The van der Waals surface area contributed by atoms with E-state index in [0.717, 1.165) is 11.8 Å². The normalized spacial score (nSPS) is 17.6. The number of carbonyl (C=O) groups is 2. The molecule has 0 spiro atoms. The lowest BCUT2D eigenvalue weighted by atomic mass is 10.00. The maximum atomic E-state index is 12.0. The molecule has 0 fully saturated rings. The Hall–Kier alpha value is -0.0600. The Morgan fingerprint density at radius 1 is 1.14 bits per heavy atom. The van der Waals surface area contributed by atoms with Crippen molar-refractivity contribution >= 4 is 41.3 Å². The van der Waals surface area contributed by atoms with Crippen LogP contribution in [0.15, 0.2) is 0 Å². The van der Waals surface area contributed by atoms with Crippen LogP contribution in [0.2, 0.25) is 0 Å². The number of hydrogen-bond acceptors (Lipinski definition) is 9. The van der Waals surface area contributed by atoms with Crippen molar-refractivity contribution in [3.8, 4) is 0 Å². The van der Waals surface area contributed by atoms with Crippen LogP contribution >= 0.6 is 18.4 Å². The Balaban J connectivity index is 4.90. The number of aliphatic hydroxyl groups is 2. The second-order valence-corrected chi connectivity index (χ2v) is 11.9. The third-order valence-corrected chi connectivity index (χ3v) is 7.13. The Morgan fingerprint density at radius 2 is 1.71 bits per heavy atom. The molecule has 0 heterocycles. The Kier molecular flexibility index (Phi) is 12.6. The van der Waals surface area contributed by atoms with Crippen LogP contribution in [0, 0.1) is 5.41 Å². The molecule has 0 aliphatic carbocycles. The zero-order valence-corrected chi connectivity index (χ0v) is 20.2. The number of aliphatic hydroxyl groups excluding tert-OH is 2.